The molecule has 174 valence electrons. The Hall–Kier alpha value is -3.03. The molecule has 6 nitrogen and oxygen atoms in total. The average molecular weight is 454 g/mol. The van der Waals surface area contributed by atoms with E-state index < -0.39 is 12.5 Å². The number of fused-ring (bicyclic) bond motifs is 2. The average Bonchev–Trinajstić information content (AvgIpc) is 3.39. The van der Waals surface area contributed by atoms with Gasteiger partial charge in [0, 0.05) is 35.5 Å². The van der Waals surface area contributed by atoms with Crippen LogP contribution in [0.1, 0.15) is 46.0 Å². The Morgan fingerprint density at radius 3 is 2.48 bits per heavy atom. The molecule has 2 aliphatic rings. The minimum atomic E-state index is -0.492. The Morgan fingerprint density at radius 2 is 1.88 bits per heavy atom. The fourth-order valence-corrected chi connectivity index (χ4v) is 6.17. The molecule has 0 saturated heterocycles. The first kappa shape index (κ1) is 21.8. The molecule has 2 N–H and O–H groups in total. The molecule has 0 aliphatic heterocycles. The van der Waals surface area contributed by atoms with Crippen molar-refractivity contribution in [2.75, 3.05) is 18.1 Å². The SMILES string of the molecule is C[C@]12CC[C@](C)(C[C@@H](N(CCF)c3ccc(-c4cc(F)c(-c5cn[nH]c5)cc4O)nn3)C1)C2. The second kappa shape index (κ2) is 8.08. The van der Waals surface area contributed by atoms with Gasteiger partial charge in [-0.15, -0.1) is 10.2 Å². The lowest BCUT2D eigenvalue weighted by molar-refractivity contribution is 0.144. The highest BCUT2D eigenvalue weighted by molar-refractivity contribution is 5.74. The van der Waals surface area contributed by atoms with Crippen LogP contribution in [0, 0.1) is 16.6 Å². The second-order valence-corrected chi connectivity index (χ2v) is 10.4. The lowest BCUT2D eigenvalue weighted by Gasteiger charge is -2.45. The molecular formula is C25H29F2N5O. The maximum Gasteiger partial charge on any atom is 0.151 e. The van der Waals surface area contributed by atoms with Crippen LogP contribution >= 0.6 is 0 Å². The Bertz CT molecular complexity index is 1120. The zero-order valence-electron chi connectivity index (χ0n) is 19.0. The zero-order valence-corrected chi connectivity index (χ0v) is 19.0. The van der Waals surface area contributed by atoms with E-state index in [1.807, 2.05) is 4.90 Å². The summed E-state index contributed by atoms with van der Waals surface area (Å²) in [7, 11) is 0. The molecule has 8 heteroatoms. The second-order valence-electron chi connectivity index (χ2n) is 10.4. The molecule has 2 aliphatic carbocycles. The summed E-state index contributed by atoms with van der Waals surface area (Å²) in [5, 5.41) is 25.6. The molecule has 2 saturated carbocycles. The number of nitrogens with zero attached hydrogens (tertiary/aromatic N) is 4. The topological polar surface area (TPSA) is 77.9 Å². The number of nitrogens with one attached hydrogen (secondary N) is 1. The van der Waals surface area contributed by atoms with Crippen molar-refractivity contribution in [3.8, 4) is 28.1 Å². The standard InChI is InChI=1S/C25H29F2N5O/c1-24-5-6-25(2,15-24)12-17(11-24)32(8-7-26)23-4-3-21(30-31-23)19-9-20(27)18(10-22(19)33)16-13-28-29-14-16/h3-4,9-10,13-14,17,33H,5-8,11-12,15H2,1-2H3,(H,28,29)/t17-,24-,25+. The smallest absolute Gasteiger partial charge is 0.151 e. The van der Waals surface area contributed by atoms with Crippen LogP contribution in [0.25, 0.3) is 22.4 Å². The molecule has 2 heterocycles. The van der Waals surface area contributed by atoms with Gasteiger partial charge >= 0.3 is 0 Å². The molecule has 5 rings (SSSR count). The molecule has 2 fully saturated rings. The third kappa shape index (κ3) is 4.07. The van der Waals surface area contributed by atoms with Gasteiger partial charge in [-0.25, -0.2) is 8.78 Å². The number of hydrogen-bond acceptors (Lipinski definition) is 5. The van der Waals surface area contributed by atoms with E-state index in [4.69, 9.17) is 0 Å². The molecule has 0 spiro atoms. The van der Waals surface area contributed by atoms with Crippen molar-refractivity contribution in [3.63, 3.8) is 0 Å². The summed E-state index contributed by atoms with van der Waals surface area (Å²) < 4.78 is 28.2. The largest absolute Gasteiger partial charge is 0.507 e. The number of alkyl halides is 1. The fourth-order valence-electron chi connectivity index (χ4n) is 6.17. The summed E-state index contributed by atoms with van der Waals surface area (Å²) in [5.41, 5.74) is 1.99. The van der Waals surface area contributed by atoms with Crippen LogP contribution in [0.3, 0.4) is 0 Å². The maximum atomic E-state index is 14.7. The van der Waals surface area contributed by atoms with E-state index in [1.165, 1.54) is 37.6 Å². The lowest BCUT2D eigenvalue weighted by Crippen LogP contribution is -2.45. The molecule has 0 amide bonds. The predicted octanol–water partition coefficient (Wildman–Crippen LogP) is 5.51. The van der Waals surface area contributed by atoms with Gasteiger partial charge in [-0.1, -0.05) is 13.8 Å². The maximum absolute atomic E-state index is 14.7. The number of H-pyrrole nitrogens is 1. The number of phenolic OH excluding ortho intramolecular Hbond substituents is 1. The molecule has 0 radical (unpaired) electrons. The molecule has 3 aromatic rings. The molecule has 1 aromatic carbocycles. The van der Waals surface area contributed by atoms with Crippen LogP contribution in [0.2, 0.25) is 0 Å². The van der Waals surface area contributed by atoms with Crippen LogP contribution in [0.15, 0.2) is 36.7 Å². The van der Waals surface area contributed by atoms with E-state index in [1.54, 1.807) is 18.3 Å². The Kier molecular flexibility index (Phi) is 5.34. The highest BCUT2D eigenvalue weighted by Gasteiger charge is 2.50. The van der Waals surface area contributed by atoms with Gasteiger partial charge in [-0.3, -0.25) is 5.10 Å². The minimum Gasteiger partial charge on any atom is -0.507 e. The summed E-state index contributed by atoms with van der Waals surface area (Å²) >= 11 is 0. The first-order valence-electron chi connectivity index (χ1n) is 11.5. The van der Waals surface area contributed by atoms with Crippen LogP contribution < -0.4 is 4.90 Å². The summed E-state index contributed by atoms with van der Waals surface area (Å²) in [6, 6.07) is 6.33. The van der Waals surface area contributed by atoms with Crippen molar-refractivity contribution in [2.24, 2.45) is 10.8 Å². The number of aromatic amines is 1. The van der Waals surface area contributed by atoms with Gasteiger partial charge in [0.25, 0.3) is 0 Å². The van der Waals surface area contributed by atoms with Crippen molar-refractivity contribution in [1.82, 2.24) is 20.4 Å². The van der Waals surface area contributed by atoms with Gasteiger partial charge in [0.15, 0.2) is 5.82 Å². The van der Waals surface area contributed by atoms with Gasteiger partial charge in [0.05, 0.1) is 11.9 Å². The van der Waals surface area contributed by atoms with E-state index in [0.29, 0.717) is 27.9 Å². The van der Waals surface area contributed by atoms with E-state index in [-0.39, 0.29) is 29.5 Å². The van der Waals surface area contributed by atoms with Gasteiger partial charge in [0.1, 0.15) is 18.2 Å². The van der Waals surface area contributed by atoms with E-state index >= 15 is 0 Å². The number of benzene rings is 1. The Labute approximate surface area is 192 Å². The Morgan fingerprint density at radius 1 is 1.12 bits per heavy atom. The van der Waals surface area contributed by atoms with Crippen LogP contribution in [-0.2, 0) is 0 Å². The van der Waals surface area contributed by atoms with Gasteiger partial charge in [-0.2, -0.15) is 5.10 Å². The first-order valence-corrected chi connectivity index (χ1v) is 11.5. The number of aromatic nitrogens is 4. The third-order valence-corrected chi connectivity index (χ3v) is 7.52. The van der Waals surface area contributed by atoms with Crippen molar-refractivity contribution >= 4 is 5.82 Å². The molecule has 2 aromatic heterocycles. The van der Waals surface area contributed by atoms with Crippen molar-refractivity contribution in [3.05, 3.63) is 42.5 Å². The summed E-state index contributed by atoms with van der Waals surface area (Å²) in [4.78, 5) is 2.04. The summed E-state index contributed by atoms with van der Waals surface area (Å²) in [6.07, 6.45) is 8.75. The van der Waals surface area contributed by atoms with Crippen molar-refractivity contribution < 1.29 is 13.9 Å². The van der Waals surface area contributed by atoms with Gasteiger partial charge in [-0.05, 0) is 67.2 Å². The summed E-state index contributed by atoms with van der Waals surface area (Å²) in [5.74, 6) is 0.0261. The normalized spacial score (nSPS) is 26.5. The summed E-state index contributed by atoms with van der Waals surface area (Å²) in [6.45, 7) is 4.49. The molecule has 2 bridgehead atoms. The Balaban J connectivity index is 1.42. The van der Waals surface area contributed by atoms with Crippen molar-refractivity contribution in [1.29, 1.82) is 0 Å². The van der Waals surface area contributed by atoms with Crippen LogP contribution in [-0.4, -0.2) is 44.8 Å². The molecule has 0 unspecified atom stereocenters. The monoisotopic (exact) mass is 453 g/mol. The number of rotatable bonds is 6. The van der Waals surface area contributed by atoms with Crippen molar-refractivity contribution in [2.45, 2.75) is 52.0 Å². The quantitative estimate of drug-likeness (QED) is 0.514. The van der Waals surface area contributed by atoms with Crippen LogP contribution in [0.5, 0.6) is 5.75 Å². The zero-order chi connectivity index (χ0) is 23.2. The highest BCUT2D eigenvalue weighted by atomic mass is 19.1. The first-order chi connectivity index (χ1) is 15.8. The highest BCUT2D eigenvalue weighted by Crippen LogP contribution is 2.59. The van der Waals surface area contributed by atoms with E-state index in [0.717, 1.165) is 12.8 Å². The number of phenols is 1. The van der Waals surface area contributed by atoms with Crippen LogP contribution in [0.4, 0.5) is 14.6 Å². The van der Waals surface area contributed by atoms with Gasteiger partial charge in [0.2, 0.25) is 0 Å². The molecular weight excluding hydrogens is 424 g/mol. The number of hydrogen-bond donors (Lipinski definition) is 2. The molecule has 33 heavy (non-hydrogen) atoms. The van der Waals surface area contributed by atoms with E-state index in [9.17, 15) is 13.9 Å². The number of anilines is 1. The van der Waals surface area contributed by atoms with Gasteiger partial charge < -0.3 is 10.0 Å². The number of halogens is 2. The predicted molar refractivity (Wildman–Crippen MR) is 123 cm³/mol. The third-order valence-electron chi connectivity index (χ3n) is 7.52. The fraction of sp³-hybridized carbons (Fsp3) is 0.480. The lowest BCUT2D eigenvalue weighted by atomic mass is 9.68. The minimum absolute atomic E-state index is 0.0973. The van der Waals surface area contributed by atoms with E-state index in [2.05, 4.69) is 34.2 Å². The molecule has 3 atom stereocenters. The number of aromatic hydroxyl groups is 1.